The van der Waals surface area contributed by atoms with E-state index in [1.165, 1.54) is 23.9 Å². The molecule has 0 aliphatic heterocycles. The molecule has 0 saturated carbocycles. The van der Waals surface area contributed by atoms with Crippen LogP contribution in [0.2, 0.25) is 0 Å². The van der Waals surface area contributed by atoms with Gasteiger partial charge in [-0.2, -0.15) is 0 Å². The van der Waals surface area contributed by atoms with Gasteiger partial charge in [0.2, 0.25) is 5.91 Å². The summed E-state index contributed by atoms with van der Waals surface area (Å²) in [7, 11) is 0. The first-order valence-electron chi connectivity index (χ1n) is 9.10. The molecular weight excluding hydrogens is 388 g/mol. The summed E-state index contributed by atoms with van der Waals surface area (Å²) < 4.78 is 1.96. The number of fused-ring (bicyclic) bond motifs is 3. The Bertz CT molecular complexity index is 1200. The van der Waals surface area contributed by atoms with Gasteiger partial charge >= 0.3 is 5.97 Å². The molecule has 4 aromatic rings. The lowest BCUT2D eigenvalue weighted by Crippen LogP contribution is -2.24. The van der Waals surface area contributed by atoms with Crippen molar-refractivity contribution < 1.29 is 14.7 Å². The largest absolute Gasteiger partial charge is 0.478 e. The number of aromatic nitrogens is 3. The van der Waals surface area contributed by atoms with Crippen molar-refractivity contribution >= 4 is 45.9 Å². The summed E-state index contributed by atoms with van der Waals surface area (Å²) in [5, 5.41) is 21.7. The second-order valence-electron chi connectivity index (χ2n) is 6.45. The van der Waals surface area contributed by atoms with Gasteiger partial charge in [0.05, 0.1) is 16.3 Å². The highest BCUT2D eigenvalue weighted by Gasteiger charge is 2.22. The van der Waals surface area contributed by atoms with Crippen LogP contribution in [0.5, 0.6) is 0 Å². The maximum absolute atomic E-state index is 12.8. The van der Waals surface area contributed by atoms with E-state index in [9.17, 15) is 9.59 Å². The number of pyridine rings is 1. The van der Waals surface area contributed by atoms with Gasteiger partial charge in [-0.15, -0.1) is 10.2 Å². The summed E-state index contributed by atoms with van der Waals surface area (Å²) in [6.07, 6.45) is 0.601. The van der Waals surface area contributed by atoms with Crippen molar-refractivity contribution in [1.29, 1.82) is 0 Å². The third-order valence-electron chi connectivity index (χ3n) is 4.56. The number of para-hydroxylation sites is 1. The number of carbonyl (C=O) groups excluding carboxylic acids is 1. The molecule has 2 aromatic carbocycles. The minimum atomic E-state index is -1.00. The number of nitrogens with zero attached hydrogens (tertiary/aromatic N) is 3. The molecule has 2 N–H and O–H groups in total. The number of amides is 1. The van der Waals surface area contributed by atoms with Gasteiger partial charge in [0.15, 0.2) is 10.8 Å². The normalized spacial score (nSPS) is 12.2. The molecule has 1 amide bonds. The Morgan fingerprint density at radius 2 is 1.83 bits per heavy atom. The summed E-state index contributed by atoms with van der Waals surface area (Å²) in [5.41, 5.74) is 2.43. The summed E-state index contributed by atoms with van der Waals surface area (Å²) in [5.74, 6) is -1.17. The molecule has 2 heterocycles. The number of carboxylic acid groups (broad SMARTS) is 1. The topological polar surface area (TPSA) is 96.6 Å². The molecule has 0 radical (unpaired) electrons. The Labute approximate surface area is 170 Å². The van der Waals surface area contributed by atoms with Crippen LogP contribution in [-0.4, -0.2) is 36.8 Å². The number of aromatic carboxylic acids is 1. The van der Waals surface area contributed by atoms with Crippen molar-refractivity contribution in [3.05, 3.63) is 66.2 Å². The van der Waals surface area contributed by atoms with Crippen LogP contribution in [0.3, 0.4) is 0 Å². The average Bonchev–Trinajstić information content (AvgIpc) is 3.15. The van der Waals surface area contributed by atoms with Crippen molar-refractivity contribution in [2.75, 3.05) is 5.32 Å². The highest BCUT2D eigenvalue weighted by molar-refractivity contribution is 8.00. The molecule has 1 unspecified atom stereocenters. The smallest absolute Gasteiger partial charge is 0.335 e. The van der Waals surface area contributed by atoms with E-state index in [4.69, 9.17) is 5.11 Å². The fourth-order valence-corrected chi connectivity index (χ4v) is 4.03. The number of hydrogen-bond acceptors (Lipinski definition) is 5. The van der Waals surface area contributed by atoms with Gasteiger partial charge in [0, 0.05) is 5.69 Å². The Morgan fingerprint density at radius 3 is 2.55 bits per heavy atom. The Kier molecular flexibility index (Phi) is 5.18. The van der Waals surface area contributed by atoms with Gasteiger partial charge in [-0.1, -0.05) is 36.9 Å². The monoisotopic (exact) mass is 406 g/mol. The van der Waals surface area contributed by atoms with Crippen LogP contribution in [0.25, 0.3) is 16.6 Å². The van der Waals surface area contributed by atoms with Gasteiger partial charge in [-0.05, 0) is 54.3 Å². The fourth-order valence-electron chi connectivity index (χ4n) is 3.06. The van der Waals surface area contributed by atoms with E-state index in [1.807, 2.05) is 47.7 Å². The van der Waals surface area contributed by atoms with Crippen LogP contribution in [0.4, 0.5) is 5.69 Å². The third-order valence-corrected chi connectivity index (χ3v) is 5.87. The molecule has 0 aliphatic carbocycles. The first kappa shape index (κ1) is 18.9. The summed E-state index contributed by atoms with van der Waals surface area (Å²) in [6, 6.07) is 18.0. The lowest BCUT2D eigenvalue weighted by atomic mass is 10.2. The molecule has 1 atom stereocenters. The predicted molar refractivity (Wildman–Crippen MR) is 112 cm³/mol. The standard InChI is InChI=1S/C21H18N4O3S/c1-2-17(19(26)22-15-10-7-14(8-11-15)20(27)28)29-21-24-23-18-12-9-13-5-3-4-6-16(13)25(18)21/h3-12,17H,2H2,1H3,(H,22,26)(H,27,28). The SMILES string of the molecule is CCC(Sc1nnc2ccc3ccccc3n12)C(=O)Nc1ccc(C(=O)O)cc1. The molecule has 8 heteroatoms. The van der Waals surface area contributed by atoms with Crippen LogP contribution in [-0.2, 0) is 4.79 Å². The van der Waals surface area contributed by atoms with E-state index in [-0.39, 0.29) is 16.7 Å². The highest BCUT2D eigenvalue weighted by Crippen LogP contribution is 2.28. The zero-order valence-corrected chi connectivity index (χ0v) is 16.4. The van der Waals surface area contributed by atoms with E-state index in [1.54, 1.807) is 12.1 Å². The van der Waals surface area contributed by atoms with E-state index < -0.39 is 5.97 Å². The highest BCUT2D eigenvalue weighted by atomic mass is 32.2. The molecule has 146 valence electrons. The van der Waals surface area contributed by atoms with Crippen molar-refractivity contribution in [3.63, 3.8) is 0 Å². The lowest BCUT2D eigenvalue weighted by Gasteiger charge is -2.14. The molecule has 29 heavy (non-hydrogen) atoms. The van der Waals surface area contributed by atoms with Crippen LogP contribution in [0, 0.1) is 0 Å². The number of anilines is 1. The first-order chi connectivity index (χ1) is 14.1. The Morgan fingerprint density at radius 1 is 1.07 bits per heavy atom. The van der Waals surface area contributed by atoms with E-state index in [0.717, 1.165) is 16.6 Å². The van der Waals surface area contributed by atoms with Crippen molar-refractivity contribution in [2.45, 2.75) is 23.8 Å². The van der Waals surface area contributed by atoms with E-state index >= 15 is 0 Å². The molecule has 0 bridgehead atoms. The molecule has 0 fully saturated rings. The van der Waals surface area contributed by atoms with Crippen molar-refractivity contribution in [3.8, 4) is 0 Å². The van der Waals surface area contributed by atoms with E-state index in [0.29, 0.717) is 17.3 Å². The molecule has 0 spiro atoms. The number of nitrogens with one attached hydrogen (secondary N) is 1. The Hall–Kier alpha value is -3.39. The molecule has 4 rings (SSSR count). The number of hydrogen-bond donors (Lipinski definition) is 2. The minimum Gasteiger partial charge on any atom is -0.478 e. The molecule has 0 saturated heterocycles. The van der Waals surface area contributed by atoms with Crippen molar-refractivity contribution in [2.24, 2.45) is 0 Å². The zero-order chi connectivity index (χ0) is 20.4. The molecule has 7 nitrogen and oxygen atoms in total. The minimum absolute atomic E-state index is 0.169. The average molecular weight is 406 g/mol. The van der Waals surface area contributed by atoms with Crippen LogP contribution in [0.15, 0.2) is 65.8 Å². The van der Waals surface area contributed by atoms with Crippen LogP contribution < -0.4 is 5.32 Å². The fraction of sp³-hybridized carbons (Fsp3) is 0.143. The Balaban J connectivity index is 1.58. The van der Waals surface area contributed by atoms with E-state index in [2.05, 4.69) is 15.5 Å². The lowest BCUT2D eigenvalue weighted by molar-refractivity contribution is -0.115. The number of carboxylic acids is 1. The zero-order valence-electron chi connectivity index (χ0n) is 15.6. The van der Waals surface area contributed by atoms with Gasteiger partial charge < -0.3 is 10.4 Å². The van der Waals surface area contributed by atoms with Gasteiger partial charge in [-0.3, -0.25) is 9.20 Å². The first-order valence-corrected chi connectivity index (χ1v) is 9.98. The summed E-state index contributed by atoms with van der Waals surface area (Å²) in [6.45, 7) is 1.94. The second-order valence-corrected chi connectivity index (χ2v) is 7.62. The number of rotatable bonds is 6. The third kappa shape index (κ3) is 3.79. The van der Waals surface area contributed by atoms with Gasteiger partial charge in [0.1, 0.15) is 0 Å². The second kappa shape index (κ2) is 7.92. The number of carbonyl (C=O) groups is 2. The number of thioether (sulfide) groups is 1. The summed E-state index contributed by atoms with van der Waals surface area (Å²) in [4.78, 5) is 23.7. The predicted octanol–water partition coefficient (Wildman–Crippen LogP) is 4.09. The maximum atomic E-state index is 12.8. The molecule has 2 aromatic heterocycles. The van der Waals surface area contributed by atoms with Crippen molar-refractivity contribution in [1.82, 2.24) is 14.6 Å². The van der Waals surface area contributed by atoms with Crippen LogP contribution >= 0.6 is 11.8 Å². The molecular formula is C21H18N4O3S. The van der Waals surface area contributed by atoms with Gasteiger partial charge in [-0.25, -0.2) is 4.79 Å². The van der Waals surface area contributed by atoms with Gasteiger partial charge in [0.25, 0.3) is 0 Å². The quantitative estimate of drug-likeness (QED) is 0.468. The molecule has 0 aliphatic rings. The summed E-state index contributed by atoms with van der Waals surface area (Å²) >= 11 is 1.36. The maximum Gasteiger partial charge on any atom is 0.335 e. The van der Waals surface area contributed by atoms with Crippen LogP contribution in [0.1, 0.15) is 23.7 Å². The number of benzene rings is 2.